The summed E-state index contributed by atoms with van der Waals surface area (Å²) in [5, 5.41) is 8.17. The summed E-state index contributed by atoms with van der Waals surface area (Å²) in [7, 11) is 1.85. The third-order valence-corrected chi connectivity index (χ3v) is 4.29. The zero-order chi connectivity index (χ0) is 15.5. The van der Waals surface area contributed by atoms with E-state index in [2.05, 4.69) is 10.4 Å². The maximum Gasteiger partial charge on any atom is 0.227 e. The molecule has 1 aromatic heterocycles. The maximum absolute atomic E-state index is 12.7. The SMILES string of the molecule is Cn1cc(CC(=O)N2CCNCC2c2ccccc2Cl)cn1. The first kappa shape index (κ1) is 15.1. The predicted molar refractivity (Wildman–Crippen MR) is 85.7 cm³/mol. The van der Waals surface area contributed by atoms with Gasteiger partial charge in [0.25, 0.3) is 0 Å². The fourth-order valence-electron chi connectivity index (χ4n) is 2.87. The first-order valence-corrected chi connectivity index (χ1v) is 7.75. The third kappa shape index (κ3) is 3.15. The van der Waals surface area contributed by atoms with Crippen molar-refractivity contribution in [2.24, 2.45) is 7.05 Å². The van der Waals surface area contributed by atoms with Crippen LogP contribution in [0.2, 0.25) is 5.02 Å². The largest absolute Gasteiger partial charge is 0.333 e. The summed E-state index contributed by atoms with van der Waals surface area (Å²) in [6, 6.07) is 7.70. The number of aromatic nitrogens is 2. The predicted octanol–water partition coefficient (Wildman–Crippen LogP) is 1.79. The number of amides is 1. The van der Waals surface area contributed by atoms with Crippen LogP contribution in [-0.4, -0.2) is 40.2 Å². The van der Waals surface area contributed by atoms with Gasteiger partial charge in [-0.05, 0) is 17.2 Å². The Hall–Kier alpha value is -1.85. The van der Waals surface area contributed by atoms with Crippen LogP contribution < -0.4 is 5.32 Å². The number of piperazine rings is 1. The van der Waals surface area contributed by atoms with E-state index in [0.29, 0.717) is 18.0 Å². The zero-order valence-electron chi connectivity index (χ0n) is 12.5. The average Bonchev–Trinajstić information content (AvgIpc) is 2.93. The molecule has 6 heteroatoms. The third-order valence-electron chi connectivity index (χ3n) is 3.94. The van der Waals surface area contributed by atoms with Gasteiger partial charge in [-0.25, -0.2) is 0 Å². The molecule has 1 N–H and O–H groups in total. The standard InChI is InChI=1S/C16H19ClN4O/c1-20-11-12(9-19-20)8-16(22)21-7-6-18-10-15(21)13-4-2-3-5-14(13)17/h2-5,9,11,15,18H,6-8,10H2,1H3. The van der Waals surface area contributed by atoms with Gasteiger partial charge in [-0.1, -0.05) is 29.8 Å². The minimum Gasteiger partial charge on any atom is -0.333 e. The van der Waals surface area contributed by atoms with Gasteiger partial charge in [-0.3, -0.25) is 9.48 Å². The van der Waals surface area contributed by atoms with Crippen LogP contribution in [0.5, 0.6) is 0 Å². The van der Waals surface area contributed by atoms with Crippen molar-refractivity contribution in [3.05, 3.63) is 52.8 Å². The highest BCUT2D eigenvalue weighted by molar-refractivity contribution is 6.31. The molecule has 1 aliphatic rings. The molecule has 1 unspecified atom stereocenters. The molecular formula is C16H19ClN4O. The van der Waals surface area contributed by atoms with E-state index < -0.39 is 0 Å². The molecule has 2 aromatic rings. The summed E-state index contributed by atoms with van der Waals surface area (Å²) in [5.41, 5.74) is 1.93. The minimum absolute atomic E-state index is 0.0216. The van der Waals surface area contributed by atoms with Crippen LogP contribution in [-0.2, 0) is 18.3 Å². The van der Waals surface area contributed by atoms with Gasteiger partial charge in [0.1, 0.15) is 0 Å². The Balaban J connectivity index is 1.80. The molecule has 5 nitrogen and oxygen atoms in total. The quantitative estimate of drug-likeness (QED) is 0.938. The lowest BCUT2D eigenvalue weighted by atomic mass is 10.0. The van der Waals surface area contributed by atoms with E-state index in [-0.39, 0.29) is 11.9 Å². The number of halogens is 1. The summed E-state index contributed by atoms with van der Waals surface area (Å²) in [4.78, 5) is 14.6. The van der Waals surface area contributed by atoms with Crippen molar-refractivity contribution >= 4 is 17.5 Å². The number of nitrogens with one attached hydrogen (secondary N) is 1. The van der Waals surface area contributed by atoms with Gasteiger partial charge >= 0.3 is 0 Å². The van der Waals surface area contributed by atoms with Crippen LogP contribution in [0.1, 0.15) is 17.2 Å². The number of hydrogen-bond acceptors (Lipinski definition) is 3. The maximum atomic E-state index is 12.7. The van der Waals surface area contributed by atoms with Crippen LogP contribution in [0.15, 0.2) is 36.7 Å². The summed E-state index contributed by atoms with van der Waals surface area (Å²) in [5.74, 6) is 0.111. The van der Waals surface area contributed by atoms with Gasteiger partial charge in [0, 0.05) is 37.9 Å². The van der Waals surface area contributed by atoms with Gasteiger partial charge < -0.3 is 10.2 Å². The molecule has 0 spiro atoms. The Morgan fingerprint density at radius 1 is 1.45 bits per heavy atom. The Bertz CT molecular complexity index is 670. The fraction of sp³-hybridized carbons (Fsp3) is 0.375. The highest BCUT2D eigenvalue weighted by atomic mass is 35.5. The summed E-state index contributed by atoms with van der Waals surface area (Å²) < 4.78 is 1.71. The Labute approximate surface area is 134 Å². The van der Waals surface area contributed by atoms with Gasteiger partial charge in [-0.15, -0.1) is 0 Å². The summed E-state index contributed by atoms with van der Waals surface area (Å²) in [6.07, 6.45) is 3.99. The lowest BCUT2D eigenvalue weighted by Crippen LogP contribution is -2.49. The van der Waals surface area contributed by atoms with Crippen LogP contribution >= 0.6 is 11.6 Å². The zero-order valence-corrected chi connectivity index (χ0v) is 13.3. The van der Waals surface area contributed by atoms with E-state index in [0.717, 1.165) is 24.2 Å². The van der Waals surface area contributed by atoms with E-state index in [1.54, 1.807) is 10.9 Å². The molecule has 0 saturated carbocycles. The summed E-state index contributed by atoms with van der Waals surface area (Å²) in [6.45, 7) is 2.22. The molecule has 1 aromatic carbocycles. The highest BCUT2D eigenvalue weighted by Crippen LogP contribution is 2.28. The number of rotatable bonds is 3. The summed E-state index contributed by atoms with van der Waals surface area (Å²) >= 11 is 6.31. The fourth-order valence-corrected chi connectivity index (χ4v) is 3.13. The van der Waals surface area contributed by atoms with Crippen molar-refractivity contribution in [2.75, 3.05) is 19.6 Å². The molecule has 1 saturated heterocycles. The molecule has 2 heterocycles. The van der Waals surface area contributed by atoms with Gasteiger partial charge in [0.05, 0.1) is 18.7 Å². The second kappa shape index (κ2) is 6.50. The van der Waals surface area contributed by atoms with E-state index in [1.807, 2.05) is 42.4 Å². The molecule has 1 amide bonds. The Kier molecular flexibility index (Phi) is 4.45. The van der Waals surface area contributed by atoms with Gasteiger partial charge in [0.15, 0.2) is 0 Å². The lowest BCUT2D eigenvalue weighted by Gasteiger charge is -2.37. The van der Waals surface area contributed by atoms with Gasteiger partial charge in [-0.2, -0.15) is 5.10 Å². The van der Waals surface area contributed by atoms with E-state index in [1.165, 1.54) is 0 Å². The number of hydrogen-bond donors (Lipinski definition) is 1. The minimum atomic E-state index is -0.0216. The van der Waals surface area contributed by atoms with E-state index >= 15 is 0 Å². The average molecular weight is 319 g/mol. The van der Waals surface area contributed by atoms with Crippen molar-refractivity contribution < 1.29 is 4.79 Å². The molecule has 0 bridgehead atoms. The molecule has 1 fully saturated rings. The second-order valence-electron chi connectivity index (χ2n) is 5.53. The molecule has 1 aliphatic heterocycles. The van der Waals surface area contributed by atoms with Crippen molar-refractivity contribution in [3.8, 4) is 0 Å². The number of benzene rings is 1. The van der Waals surface area contributed by atoms with Crippen molar-refractivity contribution in [1.82, 2.24) is 20.0 Å². The lowest BCUT2D eigenvalue weighted by molar-refractivity contribution is -0.133. The van der Waals surface area contributed by atoms with Crippen LogP contribution in [0.4, 0.5) is 0 Å². The topological polar surface area (TPSA) is 50.2 Å². The Morgan fingerprint density at radius 2 is 2.27 bits per heavy atom. The second-order valence-corrected chi connectivity index (χ2v) is 5.93. The molecule has 0 radical (unpaired) electrons. The van der Waals surface area contributed by atoms with E-state index in [9.17, 15) is 4.79 Å². The molecular weight excluding hydrogens is 300 g/mol. The molecule has 22 heavy (non-hydrogen) atoms. The first-order chi connectivity index (χ1) is 10.6. The number of carbonyl (C=O) groups is 1. The molecule has 0 aliphatic carbocycles. The normalized spacial score (nSPS) is 18.5. The van der Waals surface area contributed by atoms with Crippen LogP contribution in [0.3, 0.4) is 0 Å². The Morgan fingerprint density at radius 3 is 3.00 bits per heavy atom. The highest BCUT2D eigenvalue weighted by Gasteiger charge is 2.29. The van der Waals surface area contributed by atoms with E-state index in [4.69, 9.17) is 11.6 Å². The van der Waals surface area contributed by atoms with Crippen molar-refractivity contribution in [3.63, 3.8) is 0 Å². The molecule has 3 rings (SSSR count). The van der Waals surface area contributed by atoms with Crippen LogP contribution in [0.25, 0.3) is 0 Å². The monoisotopic (exact) mass is 318 g/mol. The molecule has 1 atom stereocenters. The number of aryl methyl sites for hydroxylation is 1. The van der Waals surface area contributed by atoms with Crippen molar-refractivity contribution in [2.45, 2.75) is 12.5 Å². The van der Waals surface area contributed by atoms with Crippen molar-refractivity contribution in [1.29, 1.82) is 0 Å². The van der Waals surface area contributed by atoms with Crippen LogP contribution in [0, 0.1) is 0 Å². The number of carbonyl (C=O) groups excluding carboxylic acids is 1. The molecule has 116 valence electrons. The smallest absolute Gasteiger partial charge is 0.227 e. The number of nitrogens with zero attached hydrogens (tertiary/aromatic N) is 3. The van der Waals surface area contributed by atoms with Gasteiger partial charge in [0.2, 0.25) is 5.91 Å². The first-order valence-electron chi connectivity index (χ1n) is 7.37.